The van der Waals surface area contributed by atoms with Crippen molar-refractivity contribution in [3.05, 3.63) is 0 Å². The van der Waals surface area contributed by atoms with Crippen molar-refractivity contribution < 1.29 is 9.41 Å². The summed E-state index contributed by atoms with van der Waals surface area (Å²) in [7, 11) is 0. The molecule has 0 atom stereocenters. The molecule has 24 valence electrons. The Balaban J connectivity index is 0. The van der Waals surface area contributed by atoms with Gasteiger partial charge in [-0.15, -0.1) is 0 Å². The fourth-order valence-electron chi connectivity index (χ4n) is 0. The van der Waals surface area contributed by atoms with Crippen molar-refractivity contribution in [2.45, 2.75) is 0 Å². The van der Waals surface area contributed by atoms with E-state index >= 15 is 0 Å². The van der Waals surface area contributed by atoms with Crippen molar-refractivity contribution in [2.24, 2.45) is 0 Å². The zero-order chi connectivity index (χ0) is 0. The van der Waals surface area contributed by atoms with Crippen LogP contribution in [0.4, 0.5) is 9.41 Å². The van der Waals surface area contributed by atoms with E-state index in [1.54, 1.807) is 0 Å². The molecule has 0 aromatic carbocycles. The zero-order valence-electron chi connectivity index (χ0n) is 0.816. The summed E-state index contributed by atoms with van der Waals surface area (Å²) in [4.78, 5) is 0. The molecule has 0 saturated carbocycles. The van der Waals surface area contributed by atoms with Gasteiger partial charge in [-0.1, -0.05) is 0 Å². The van der Waals surface area contributed by atoms with Crippen LogP contribution in [0.5, 0.6) is 0 Å². The van der Waals surface area contributed by atoms with Crippen LogP contribution in [-0.4, -0.2) is 68.7 Å². The summed E-state index contributed by atoms with van der Waals surface area (Å²) in [6, 6.07) is 0. The van der Waals surface area contributed by atoms with Crippen molar-refractivity contribution in [2.75, 3.05) is 0 Å². The second kappa shape index (κ2) is 19.8. The van der Waals surface area contributed by atoms with E-state index in [1.165, 1.54) is 0 Å². The van der Waals surface area contributed by atoms with Crippen LogP contribution in [0, 0.1) is 0 Å². The zero-order valence-corrected chi connectivity index (χ0v) is 0.816. The summed E-state index contributed by atoms with van der Waals surface area (Å²) in [5, 5.41) is 0. The number of halogens is 2. The van der Waals surface area contributed by atoms with Gasteiger partial charge in [0.2, 0.25) is 0 Å². The quantitative estimate of drug-likeness (QED) is 0.332. The Labute approximate surface area is 76.6 Å². The van der Waals surface area contributed by atoms with Crippen LogP contribution in [0.3, 0.4) is 0 Å². The number of rotatable bonds is 0. The molecule has 0 heterocycles. The van der Waals surface area contributed by atoms with E-state index in [2.05, 4.69) is 0 Å². The first-order valence-electron chi connectivity index (χ1n) is 0. The summed E-state index contributed by atoms with van der Waals surface area (Å²) in [5.41, 5.74) is 0. The fourth-order valence-corrected chi connectivity index (χ4v) is 0. The minimum absolute atomic E-state index is 0. The van der Waals surface area contributed by atoms with E-state index in [0.717, 1.165) is 0 Å². The molecule has 0 aliphatic carbocycles. The molecule has 0 spiro atoms. The first kappa shape index (κ1) is 37.0. The first-order chi connectivity index (χ1) is 0. The summed E-state index contributed by atoms with van der Waals surface area (Å²) >= 11 is 0. The normalized spacial score (nSPS) is 0. The van der Waals surface area contributed by atoms with Crippen molar-refractivity contribution in [3.8, 4) is 0 Å². The van der Waals surface area contributed by atoms with Gasteiger partial charge in [-0.2, -0.15) is 0 Å². The Bertz CT molecular complexity index is 6.00. The van der Waals surface area contributed by atoms with Crippen LogP contribution in [0.15, 0.2) is 0 Å². The maximum atomic E-state index is 0. The second-order valence-electron chi connectivity index (χ2n) is 0. The Morgan fingerprint density at radius 3 is 0.750 bits per heavy atom. The Morgan fingerprint density at radius 2 is 0.750 bits per heavy atom. The third-order valence-electron chi connectivity index (χ3n) is 0. The third-order valence-corrected chi connectivity index (χ3v) is 0. The van der Waals surface area contributed by atoms with Crippen LogP contribution >= 0.6 is 0 Å². The van der Waals surface area contributed by atoms with Crippen molar-refractivity contribution in [1.82, 2.24) is 0 Å². The van der Waals surface area contributed by atoms with Gasteiger partial charge in [0, 0.05) is 0 Å². The van der Waals surface area contributed by atoms with Gasteiger partial charge < -0.3 is 0 Å². The van der Waals surface area contributed by atoms with Crippen molar-refractivity contribution in [3.63, 3.8) is 0 Å². The monoisotopic (exact) mass is 110 g/mol. The van der Waals surface area contributed by atoms with E-state index < -0.39 is 0 Å². The van der Waals surface area contributed by atoms with E-state index in [-0.39, 0.29) is 78.2 Å². The van der Waals surface area contributed by atoms with E-state index in [1.807, 2.05) is 0 Å². The average Bonchev–Trinajstić information content (AvgIpc) is 0. The maximum absolute atomic E-state index is 0. The molecule has 0 saturated heterocycles. The Hall–Kier alpha value is 2.03. The second-order valence-corrected chi connectivity index (χ2v) is 0. The fraction of sp³-hybridized carbons (Fsp3) is 0. The van der Waals surface area contributed by atoms with Gasteiger partial charge in [0.15, 0.2) is 17.4 Å². The summed E-state index contributed by atoms with van der Waals surface area (Å²) in [6.07, 6.45) is 0. The number of hydrogen-bond donors (Lipinski definition) is 0. The molecule has 0 unspecified atom stereocenters. The standard InChI is InChI=1S/Al.2FH.K.4H/h;2*1H;;;;;. The van der Waals surface area contributed by atoms with Crippen LogP contribution in [0.2, 0.25) is 0 Å². The van der Waals surface area contributed by atoms with Crippen LogP contribution < -0.4 is 0 Å². The van der Waals surface area contributed by atoms with E-state index in [4.69, 9.17) is 0 Å². The molecule has 0 nitrogen and oxygen atoms in total. The average molecular weight is 110 g/mol. The molecule has 0 N–H and O–H groups in total. The molecule has 0 radical (unpaired) electrons. The molecular formula is H6AlF2K. The van der Waals surface area contributed by atoms with E-state index in [9.17, 15) is 0 Å². The van der Waals surface area contributed by atoms with Crippen molar-refractivity contribution in [1.29, 1.82) is 0 Å². The van der Waals surface area contributed by atoms with Gasteiger partial charge in [-0.25, -0.2) is 0 Å². The van der Waals surface area contributed by atoms with Gasteiger partial charge in [-0.3, -0.25) is 9.41 Å². The molecule has 4 heavy (non-hydrogen) atoms. The molecular weight excluding hydrogens is 104 g/mol. The summed E-state index contributed by atoms with van der Waals surface area (Å²) in [6.45, 7) is 0. The number of hydrogen-bond acceptors (Lipinski definition) is 0. The molecule has 0 fully saturated rings. The molecule has 4 heteroatoms. The first-order valence-corrected chi connectivity index (χ1v) is 0. The SMILES string of the molecule is F.F.[AlH3].[KH]. The van der Waals surface area contributed by atoms with Crippen LogP contribution in [0.1, 0.15) is 0 Å². The topological polar surface area (TPSA) is 0 Å². The van der Waals surface area contributed by atoms with Gasteiger partial charge in [0.1, 0.15) is 0 Å². The summed E-state index contributed by atoms with van der Waals surface area (Å²) in [5.74, 6) is 0. The minimum atomic E-state index is 0. The molecule has 0 bridgehead atoms. The van der Waals surface area contributed by atoms with Gasteiger partial charge >= 0.3 is 51.4 Å². The van der Waals surface area contributed by atoms with E-state index in [0.29, 0.717) is 0 Å². The van der Waals surface area contributed by atoms with Crippen LogP contribution in [0.25, 0.3) is 0 Å². The summed E-state index contributed by atoms with van der Waals surface area (Å²) < 4.78 is 0. The molecule has 0 amide bonds. The van der Waals surface area contributed by atoms with Gasteiger partial charge in [-0.05, 0) is 0 Å². The van der Waals surface area contributed by atoms with Gasteiger partial charge in [0.25, 0.3) is 0 Å². The predicted octanol–water partition coefficient (Wildman–Crippen LogP) is -1.53. The molecule has 0 aromatic heterocycles. The van der Waals surface area contributed by atoms with Gasteiger partial charge in [0.05, 0.1) is 0 Å². The molecule has 0 aliphatic heterocycles. The molecule has 0 rings (SSSR count). The molecule has 0 aromatic rings. The van der Waals surface area contributed by atoms with Crippen LogP contribution in [-0.2, 0) is 0 Å². The third kappa shape index (κ3) is 8.98. The predicted molar refractivity (Wildman–Crippen MR) is 22.1 cm³/mol. The van der Waals surface area contributed by atoms with Crippen molar-refractivity contribution >= 4 is 68.7 Å². The molecule has 0 aliphatic rings. The Morgan fingerprint density at radius 1 is 0.750 bits per heavy atom. The Kier molecular flexibility index (Phi) is 184.